The Morgan fingerprint density at radius 3 is 2.53 bits per heavy atom. The van der Waals surface area contributed by atoms with Crippen LogP contribution in [0.4, 0.5) is 0 Å². The number of benzene rings is 1. The molecule has 0 radical (unpaired) electrons. The van der Waals surface area contributed by atoms with Crippen molar-refractivity contribution in [3.8, 4) is 5.75 Å². The highest BCUT2D eigenvalue weighted by atomic mass is 16.5. The van der Waals surface area contributed by atoms with Gasteiger partial charge in [0, 0.05) is 17.6 Å². The van der Waals surface area contributed by atoms with Crippen LogP contribution in [-0.2, 0) is 0 Å². The van der Waals surface area contributed by atoms with Gasteiger partial charge in [0.15, 0.2) is 0 Å². The molecule has 1 aliphatic rings. The molecule has 1 atom stereocenters. The summed E-state index contributed by atoms with van der Waals surface area (Å²) in [5.74, 6) is 1.95. The lowest BCUT2D eigenvalue weighted by atomic mass is 9.84. The molecule has 0 spiro atoms. The van der Waals surface area contributed by atoms with Crippen LogP contribution in [0.3, 0.4) is 0 Å². The molecular weight excluding hydrogens is 234 g/mol. The maximum atomic E-state index is 5.45. The smallest absolute Gasteiger partial charge is 0.123 e. The molecule has 1 aromatic carbocycles. The average molecular weight is 261 g/mol. The quantitative estimate of drug-likeness (QED) is 0.852. The molecule has 1 fully saturated rings. The molecule has 0 saturated heterocycles. The molecule has 0 unspecified atom stereocenters. The lowest BCUT2D eigenvalue weighted by molar-refractivity contribution is 0.271. The summed E-state index contributed by atoms with van der Waals surface area (Å²) in [7, 11) is 1.75. The predicted octanol–water partition coefficient (Wildman–Crippen LogP) is 4.31. The molecule has 19 heavy (non-hydrogen) atoms. The second kappa shape index (κ2) is 6.95. The molecule has 0 bridgehead atoms. The van der Waals surface area contributed by atoms with Crippen molar-refractivity contribution in [2.75, 3.05) is 7.11 Å². The van der Waals surface area contributed by atoms with Crippen LogP contribution in [0.1, 0.15) is 57.6 Å². The number of hydrogen-bond donors (Lipinski definition) is 1. The SMILES string of the molecule is CCC1CCC(N[C@@H](C)c2ccccc2OC)CC1. The first-order valence-corrected chi connectivity index (χ1v) is 7.63. The van der Waals surface area contributed by atoms with E-state index in [-0.39, 0.29) is 0 Å². The van der Waals surface area contributed by atoms with Crippen molar-refractivity contribution in [3.05, 3.63) is 29.8 Å². The van der Waals surface area contributed by atoms with Gasteiger partial charge in [0.25, 0.3) is 0 Å². The van der Waals surface area contributed by atoms with Gasteiger partial charge >= 0.3 is 0 Å². The standard InChI is InChI=1S/C17H27NO/c1-4-14-9-11-15(12-10-14)18-13(2)16-7-5-6-8-17(16)19-3/h5-8,13-15,18H,4,9-12H2,1-3H3/t13-,14?,15?/m0/s1. The monoisotopic (exact) mass is 261 g/mol. The predicted molar refractivity (Wildman–Crippen MR) is 80.6 cm³/mol. The van der Waals surface area contributed by atoms with E-state index in [9.17, 15) is 0 Å². The van der Waals surface area contributed by atoms with Crippen LogP contribution < -0.4 is 10.1 Å². The summed E-state index contributed by atoms with van der Waals surface area (Å²) in [6, 6.07) is 9.35. The van der Waals surface area contributed by atoms with Crippen LogP contribution in [0.15, 0.2) is 24.3 Å². The van der Waals surface area contributed by atoms with Crippen molar-refractivity contribution in [2.45, 2.75) is 58.0 Å². The maximum absolute atomic E-state index is 5.45. The number of rotatable bonds is 5. The van der Waals surface area contributed by atoms with Gasteiger partial charge in [-0.2, -0.15) is 0 Å². The first-order valence-electron chi connectivity index (χ1n) is 7.63. The van der Waals surface area contributed by atoms with Gasteiger partial charge in [0.2, 0.25) is 0 Å². The van der Waals surface area contributed by atoms with Crippen molar-refractivity contribution in [3.63, 3.8) is 0 Å². The van der Waals surface area contributed by atoms with Gasteiger partial charge in [0.05, 0.1) is 7.11 Å². The third-order valence-electron chi connectivity index (χ3n) is 4.52. The van der Waals surface area contributed by atoms with E-state index in [0.29, 0.717) is 12.1 Å². The Balaban J connectivity index is 1.92. The van der Waals surface area contributed by atoms with Crippen LogP contribution in [0, 0.1) is 5.92 Å². The zero-order valence-electron chi connectivity index (χ0n) is 12.5. The first kappa shape index (κ1) is 14.4. The number of ether oxygens (including phenoxy) is 1. The average Bonchev–Trinajstić information content (AvgIpc) is 2.48. The molecule has 1 N–H and O–H groups in total. The molecular formula is C17H27NO. The number of nitrogens with one attached hydrogen (secondary N) is 1. The third kappa shape index (κ3) is 3.73. The zero-order chi connectivity index (χ0) is 13.7. The maximum Gasteiger partial charge on any atom is 0.123 e. The van der Waals surface area contributed by atoms with E-state index in [0.717, 1.165) is 11.7 Å². The molecule has 0 aliphatic heterocycles. The van der Waals surface area contributed by atoms with Crippen molar-refractivity contribution in [1.29, 1.82) is 0 Å². The normalized spacial score (nSPS) is 25.0. The number of methoxy groups -OCH3 is 1. The van der Waals surface area contributed by atoms with Gasteiger partial charge in [-0.05, 0) is 44.6 Å². The summed E-state index contributed by atoms with van der Waals surface area (Å²) >= 11 is 0. The van der Waals surface area contributed by atoms with Gasteiger partial charge in [0.1, 0.15) is 5.75 Å². The second-order valence-corrected chi connectivity index (χ2v) is 5.76. The van der Waals surface area contributed by atoms with E-state index >= 15 is 0 Å². The fraction of sp³-hybridized carbons (Fsp3) is 0.647. The lowest BCUT2D eigenvalue weighted by Gasteiger charge is -2.31. The molecule has 1 aliphatic carbocycles. The Bertz CT molecular complexity index is 383. The van der Waals surface area contributed by atoms with Crippen LogP contribution in [-0.4, -0.2) is 13.2 Å². The van der Waals surface area contributed by atoms with Crippen molar-refractivity contribution in [1.82, 2.24) is 5.32 Å². The van der Waals surface area contributed by atoms with Gasteiger partial charge < -0.3 is 10.1 Å². The minimum atomic E-state index is 0.360. The number of para-hydroxylation sites is 1. The molecule has 2 heteroatoms. The largest absolute Gasteiger partial charge is 0.496 e. The zero-order valence-corrected chi connectivity index (χ0v) is 12.5. The summed E-state index contributed by atoms with van der Waals surface area (Å²) in [4.78, 5) is 0. The summed E-state index contributed by atoms with van der Waals surface area (Å²) in [6.07, 6.45) is 6.74. The Morgan fingerprint density at radius 1 is 1.21 bits per heavy atom. The summed E-state index contributed by atoms with van der Waals surface area (Å²) in [6.45, 7) is 4.56. The van der Waals surface area contributed by atoms with Crippen LogP contribution >= 0.6 is 0 Å². The van der Waals surface area contributed by atoms with Crippen molar-refractivity contribution >= 4 is 0 Å². The highest BCUT2D eigenvalue weighted by Gasteiger charge is 2.22. The Labute approximate surface area is 117 Å². The van der Waals surface area contributed by atoms with E-state index in [4.69, 9.17) is 4.74 Å². The van der Waals surface area contributed by atoms with Crippen LogP contribution in [0.5, 0.6) is 5.75 Å². The van der Waals surface area contributed by atoms with Gasteiger partial charge in [-0.15, -0.1) is 0 Å². The molecule has 2 rings (SSSR count). The molecule has 106 valence electrons. The lowest BCUT2D eigenvalue weighted by Crippen LogP contribution is -2.35. The molecule has 0 aromatic heterocycles. The number of hydrogen-bond acceptors (Lipinski definition) is 2. The minimum absolute atomic E-state index is 0.360. The molecule has 2 nitrogen and oxygen atoms in total. The topological polar surface area (TPSA) is 21.3 Å². The second-order valence-electron chi connectivity index (χ2n) is 5.76. The fourth-order valence-electron chi connectivity index (χ4n) is 3.20. The highest BCUT2D eigenvalue weighted by Crippen LogP contribution is 2.30. The Hall–Kier alpha value is -1.02. The fourth-order valence-corrected chi connectivity index (χ4v) is 3.20. The van der Waals surface area contributed by atoms with E-state index in [1.165, 1.54) is 37.7 Å². The van der Waals surface area contributed by atoms with E-state index < -0.39 is 0 Å². The summed E-state index contributed by atoms with van der Waals surface area (Å²) in [5, 5.41) is 3.77. The minimum Gasteiger partial charge on any atom is -0.496 e. The van der Waals surface area contributed by atoms with Gasteiger partial charge in [-0.3, -0.25) is 0 Å². The van der Waals surface area contributed by atoms with E-state index in [1.807, 2.05) is 12.1 Å². The van der Waals surface area contributed by atoms with Gasteiger partial charge in [-0.1, -0.05) is 31.5 Å². The van der Waals surface area contributed by atoms with Crippen molar-refractivity contribution in [2.24, 2.45) is 5.92 Å². The van der Waals surface area contributed by atoms with Crippen molar-refractivity contribution < 1.29 is 4.74 Å². The molecule has 1 saturated carbocycles. The van der Waals surface area contributed by atoms with E-state index in [1.54, 1.807) is 7.11 Å². The summed E-state index contributed by atoms with van der Waals surface area (Å²) < 4.78 is 5.45. The highest BCUT2D eigenvalue weighted by molar-refractivity contribution is 5.35. The molecule has 1 aromatic rings. The van der Waals surface area contributed by atoms with Crippen LogP contribution in [0.2, 0.25) is 0 Å². The molecule has 0 heterocycles. The van der Waals surface area contributed by atoms with E-state index in [2.05, 4.69) is 31.3 Å². The molecule has 0 amide bonds. The first-order chi connectivity index (χ1) is 9.24. The Morgan fingerprint density at radius 2 is 1.89 bits per heavy atom. The van der Waals surface area contributed by atoms with Crippen LogP contribution in [0.25, 0.3) is 0 Å². The Kier molecular flexibility index (Phi) is 5.26. The third-order valence-corrected chi connectivity index (χ3v) is 4.52. The summed E-state index contributed by atoms with van der Waals surface area (Å²) in [5.41, 5.74) is 1.27. The van der Waals surface area contributed by atoms with Gasteiger partial charge in [-0.25, -0.2) is 0 Å².